The highest BCUT2D eigenvalue weighted by atomic mass is 35.5. The molecule has 0 N–H and O–H groups in total. The van der Waals surface area contributed by atoms with Crippen LogP contribution in [0.5, 0.6) is 0 Å². The van der Waals surface area contributed by atoms with Crippen LogP contribution in [0.4, 0.5) is 0 Å². The van der Waals surface area contributed by atoms with Crippen molar-refractivity contribution < 1.29 is 9.59 Å². The molecule has 0 aliphatic carbocycles. The molecular weight excluding hydrogens is 140 g/mol. The molecule has 0 saturated carbocycles. The van der Waals surface area contributed by atoms with Crippen LogP contribution < -0.4 is 0 Å². The van der Waals surface area contributed by atoms with Crippen LogP contribution in [0.3, 0.4) is 0 Å². The maximum absolute atomic E-state index is 10.7. The molecular formula is C6H8ClO2. The van der Waals surface area contributed by atoms with E-state index >= 15 is 0 Å². The maximum Gasteiger partial charge on any atom is 0.212 e. The smallest absolute Gasteiger partial charge is 0.212 e. The summed E-state index contributed by atoms with van der Waals surface area (Å²) in [6.07, 6.45) is 1.61. The van der Waals surface area contributed by atoms with Gasteiger partial charge in [-0.25, -0.2) is 0 Å². The molecule has 0 amide bonds. The summed E-state index contributed by atoms with van der Waals surface area (Å²) in [5.41, 5.74) is -1.03. The molecule has 0 unspecified atom stereocenters. The standard InChI is InChI=1S/C6H8ClO2/c1-6(2,4-8)5(9)3-7/h3H2,1-2H3. The average molecular weight is 148 g/mol. The van der Waals surface area contributed by atoms with Gasteiger partial charge in [0.15, 0.2) is 5.78 Å². The van der Waals surface area contributed by atoms with E-state index in [1.807, 2.05) is 0 Å². The Kier molecular flexibility index (Phi) is 2.85. The molecule has 0 fully saturated rings. The highest BCUT2D eigenvalue weighted by Gasteiger charge is 2.26. The van der Waals surface area contributed by atoms with Crippen molar-refractivity contribution in [2.75, 3.05) is 5.88 Å². The molecule has 0 aliphatic rings. The minimum atomic E-state index is -1.03. The molecule has 0 atom stereocenters. The zero-order valence-corrected chi connectivity index (χ0v) is 6.16. The van der Waals surface area contributed by atoms with E-state index in [0.717, 1.165) is 0 Å². The average Bonchev–Trinajstić information content (AvgIpc) is 1.86. The summed E-state index contributed by atoms with van der Waals surface area (Å²) in [4.78, 5) is 20.7. The molecule has 0 aromatic carbocycles. The van der Waals surface area contributed by atoms with Crippen molar-refractivity contribution in [3.63, 3.8) is 0 Å². The van der Waals surface area contributed by atoms with E-state index in [0.29, 0.717) is 0 Å². The summed E-state index contributed by atoms with van der Waals surface area (Å²) >= 11 is 5.19. The number of ketones is 1. The van der Waals surface area contributed by atoms with Gasteiger partial charge >= 0.3 is 0 Å². The third-order valence-corrected chi connectivity index (χ3v) is 1.32. The number of alkyl halides is 1. The van der Waals surface area contributed by atoms with E-state index < -0.39 is 5.41 Å². The van der Waals surface area contributed by atoms with E-state index in [4.69, 9.17) is 11.6 Å². The summed E-state index contributed by atoms with van der Waals surface area (Å²) in [5, 5.41) is 0. The van der Waals surface area contributed by atoms with Gasteiger partial charge in [0.2, 0.25) is 6.29 Å². The van der Waals surface area contributed by atoms with Crippen molar-refractivity contribution in [1.82, 2.24) is 0 Å². The molecule has 0 saturated heterocycles. The molecule has 0 bridgehead atoms. The van der Waals surface area contributed by atoms with Crippen LogP contribution in [0.2, 0.25) is 0 Å². The Labute approximate surface area is 59.2 Å². The van der Waals surface area contributed by atoms with Gasteiger partial charge in [0, 0.05) is 0 Å². The molecule has 1 radical (unpaired) electrons. The molecule has 0 aromatic rings. The van der Waals surface area contributed by atoms with E-state index in [1.165, 1.54) is 13.8 Å². The quantitative estimate of drug-likeness (QED) is 0.440. The van der Waals surface area contributed by atoms with Gasteiger partial charge in [-0.1, -0.05) is 0 Å². The number of Topliss-reactive ketones (excluding diaryl/α,β-unsaturated/α-hetero) is 1. The molecule has 0 aliphatic heterocycles. The van der Waals surface area contributed by atoms with Crippen molar-refractivity contribution in [3.8, 4) is 0 Å². The van der Waals surface area contributed by atoms with Crippen LogP contribution in [0.25, 0.3) is 0 Å². The van der Waals surface area contributed by atoms with Crippen molar-refractivity contribution in [3.05, 3.63) is 0 Å². The summed E-state index contributed by atoms with van der Waals surface area (Å²) in [7, 11) is 0. The van der Waals surface area contributed by atoms with Gasteiger partial charge in [0.05, 0.1) is 11.3 Å². The van der Waals surface area contributed by atoms with Crippen molar-refractivity contribution >= 4 is 23.7 Å². The number of hydrogen-bond acceptors (Lipinski definition) is 2. The van der Waals surface area contributed by atoms with Crippen LogP contribution in [-0.2, 0) is 9.59 Å². The van der Waals surface area contributed by atoms with Crippen LogP contribution >= 0.6 is 11.6 Å². The first-order valence-corrected chi connectivity index (χ1v) is 3.06. The first-order chi connectivity index (χ1) is 4.04. The number of carbonyl (C=O) groups excluding carboxylic acids is 2. The Morgan fingerprint density at radius 2 is 2.11 bits per heavy atom. The second kappa shape index (κ2) is 2.97. The first kappa shape index (κ1) is 8.63. The predicted molar refractivity (Wildman–Crippen MR) is 35.2 cm³/mol. The predicted octanol–water partition coefficient (Wildman–Crippen LogP) is 0.930. The normalized spacial score (nSPS) is 11.0. The number of halogens is 1. The van der Waals surface area contributed by atoms with Crippen LogP contribution in [-0.4, -0.2) is 17.9 Å². The molecule has 0 heterocycles. The van der Waals surface area contributed by atoms with Crippen molar-refractivity contribution in [2.24, 2.45) is 5.41 Å². The largest absolute Gasteiger partial charge is 0.297 e. The van der Waals surface area contributed by atoms with Crippen LogP contribution in [0.15, 0.2) is 0 Å². The van der Waals surface area contributed by atoms with E-state index in [9.17, 15) is 9.59 Å². The summed E-state index contributed by atoms with van der Waals surface area (Å²) in [6, 6.07) is 0. The molecule has 9 heavy (non-hydrogen) atoms. The van der Waals surface area contributed by atoms with Crippen LogP contribution in [0, 0.1) is 5.41 Å². The zero-order chi connectivity index (χ0) is 7.49. The Balaban J connectivity index is 4.14. The lowest BCUT2D eigenvalue weighted by Gasteiger charge is -2.10. The molecule has 51 valence electrons. The minimum Gasteiger partial charge on any atom is -0.297 e. The van der Waals surface area contributed by atoms with Gasteiger partial charge in [0.1, 0.15) is 0 Å². The molecule has 0 rings (SSSR count). The van der Waals surface area contributed by atoms with Gasteiger partial charge in [-0.2, -0.15) is 0 Å². The molecule has 3 heteroatoms. The van der Waals surface area contributed by atoms with Gasteiger partial charge in [0.25, 0.3) is 0 Å². The topological polar surface area (TPSA) is 34.1 Å². The van der Waals surface area contributed by atoms with Gasteiger partial charge in [-0.15, -0.1) is 11.6 Å². The fraction of sp³-hybridized carbons (Fsp3) is 0.667. The molecule has 0 spiro atoms. The number of hydrogen-bond donors (Lipinski definition) is 0. The van der Waals surface area contributed by atoms with Gasteiger partial charge in [-0.05, 0) is 13.8 Å². The SMILES string of the molecule is CC(C)([C]=O)C(=O)CCl. The Morgan fingerprint density at radius 3 is 2.22 bits per heavy atom. The monoisotopic (exact) mass is 147 g/mol. The third kappa shape index (κ3) is 2.14. The second-order valence-electron chi connectivity index (χ2n) is 2.28. The summed E-state index contributed by atoms with van der Waals surface area (Å²) in [5.74, 6) is -0.415. The lowest BCUT2D eigenvalue weighted by Crippen LogP contribution is -2.26. The summed E-state index contributed by atoms with van der Waals surface area (Å²) in [6.45, 7) is 2.98. The zero-order valence-electron chi connectivity index (χ0n) is 5.40. The fourth-order valence-corrected chi connectivity index (χ4v) is 0.558. The van der Waals surface area contributed by atoms with E-state index in [2.05, 4.69) is 0 Å². The maximum atomic E-state index is 10.7. The minimum absolute atomic E-state index is 0.123. The van der Waals surface area contributed by atoms with E-state index in [-0.39, 0.29) is 11.7 Å². The molecule has 0 aromatic heterocycles. The first-order valence-electron chi connectivity index (χ1n) is 2.53. The molecule has 2 nitrogen and oxygen atoms in total. The lowest BCUT2D eigenvalue weighted by molar-refractivity contribution is -0.121. The highest BCUT2D eigenvalue weighted by molar-refractivity contribution is 6.29. The Hall–Kier alpha value is -0.370. The van der Waals surface area contributed by atoms with E-state index in [1.54, 1.807) is 6.29 Å². The second-order valence-corrected chi connectivity index (χ2v) is 2.55. The highest BCUT2D eigenvalue weighted by Crippen LogP contribution is 2.12. The van der Waals surface area contributed by atoms with Crippen molar-refractivity contribution in [2.45, 2.75) is 13.8 Å². The summed E-state index contributed by atoms with van der Waals surface area (Å²) < 4.78 is 0. The number of carbonyl (C=O) groups is 1. The number of rotatable bonds is 3. The van der Waals surface area contributed by atoms with Gasteiger partial charge in [-0.3, -0.25) is 9.59 Å². The fourth-order valence-electron chi connectivity index (χ4n) is 0.224. The Morgan fingerprint density at radius 1 is 1.67 bits per heavy atom. The third-order valence-electron chi connectivity index (χ3n) is 1.07. The van der Waals surface area contributed by atoms with Crippen molar-refractivity contribution in [1.29, 1.82) is 0 Å². The van der Waals surface area contributed by atoms with Gasteiger partial charge < -0.3 is 0 Å². The lowest BCUT2D eigenvalue weighted by atomic mass is 9.91. The Bertz CT molecular complexity index is 129. The van der Waals surface area contributed by atoms with Crippen LogP contribution in [0.1, 0.15) is 13.8 Å².